The number of alkyl carbamates (subject to hydrolysis) is 1. The maximum atomic E-state index is 12.5. The molecule has 2 N–H and O–H groups in total. The van der Waals surface area contributed by atoms with Gasteiger partial charge in [-0.3, -0.25) is 9.63 Å². The van der Waals surface area contributed by atoms with E-state index in [1.807, 2.05) is 36.4 Å². The van der Waals surface area contributed by atoms with E-state index in [-0.39, 0.29) is 19.1 Å². The van der Waals surface area contributed by atoms with Crippen molar-refractivity contribution < 1.29 is 33.8 Å². The number of fused-ring (bicyclic) bond motifs is 3. The number of nitrogens with one attached hydrogen (secondary N) is 1. The second-order valence-electron chi connectivity index (χ2n) is 7.66. The Bertz CT molecular complexity index is 979. The monoisotopic (exact) mass is 440 g/mol. The van der Waals surface area contributed by atoms with Crippen molar-refractivity contribution in [3.63, 3.8) is 0 Å². The van der Waals surface area contributed by atoms with Crippen molar-refractivity contribution in [2.45, 2.75) is 24.5 Å². The second-order valence-corrected chi connectivity index (χ2v) is 7.66. The average molecular weight is 440 g/mol. The molecule has 9 heteroatoms. The molecule has 1 aliphatic carbocycles. The van der Waals surface area contributed by atoms with E-state index in [9.17, 15) is 14.4 Å². The first-order valence-electron chi connectivity index (χ1n) is 10.3. The molecule has 0 spiro atoms. The van der Waals surface area contributed by atoms with Gasteiger partial charge in [0.2, 0.25) is 0 Å². The van der Waals surface area contributed by atoms with E-state index in [0.717, 1.165) is 27.3 Å². The highest BCUT2D eigenvalue weighted by molar-refractivity contribution is 5.82. The van der Waals surface area contributed by atoms with Crippen molar-refractivity contribution in [3.8, 4) is 11.1 Å². The maximum Gasteiger partial charge on any atom is 0.407 e. The summed E-state index contributed by atoms with van der Waals surface area (Å²) in [5.41, 5.74) is 4.49. The van der Waals surface area contributed by atoms with Gasteiger partial charge in [-0.05, 0) is 28.7 Å². The highest BCUT2D eigenvalue weighted by Gasteiger charge is 2.38. The van der Waals surface area contributed by atoms with E-state index in [0.29, 0.717) is 6.42 Å². The molecule has 2 aliphatic rings. The first kappa shape index (κ1) is 21.8. The van der Waals surface area contributed by atoms with Crippen LogP contribution in [0.5, 0.6) is 0 Å². The first-order chi connectivity index (χ1) is 15.5. The van der Waals surface area contributed by atoms with E-state index in [4.69, 9.17) is 19.4 Å². The molecule has 2 aromatic rings. The summed E-state index contributed by atoms with van der Waals surface area (Å²) in [6.07, 6.45) is -1.20. The summed E-state index contributed by atoms with van der Waals surface area (Å²) in [4.78, 5) is 40.5. The van der Waals surface area contributed by atoms with Crippen molar-refractivity contribution in [3.05, 3.63) is 59.7 Å². The van der Waals surface area contributed by atoms with E-state index in [1.165, 1.54) is 7.05 Å². The van der Waals surface area contributed by atoms with Gasteiger partial charge in [-0.2, -0.15) is 0 Å². The molecule has 1 saturated heterocycles. The topological polar surface area (TPSA) is 114 Å². The van der Waals surface area contributed by atoms with Gasteiger partial charge in [-0.1, -0.05) is 48.5 Å². The molecule has 1 aliphatic heterocycles. The molecule has 0 radical (unpaired) electrons. The Morgan fingerprint density at radius 3 is 2.34 bits per heavy atom. The van der Waals surface area contributed by atoms with Gasteiger partial charge >= 0.3 is 12.1 Å². The van der Waals surface area contributed by atoms with Gasteiger partial charge < -0.3 is 19.9 Å². The number of carbonyl (C=O) groups excluding carboxylic acids is 2. The zero-order valence-electron chi connectivity index (χ0n) is 17.5. The number of amides is 2. The molecule has 1 fully saturated rings. The number of benzene rings is 2. The van der Waals surface area contributed by atoms with Crippen LogP contribution in [0.4, 0.5) is 4.79 Å². The van der Waals surface area contributed by atoms with E-state index < -0.39 is 36.7 Å². The summed E-state index contributed by atoms with van der Waals surface area (Å²) in [6.45, 7) is -0.218. The molecule has 2 aromatic carbocycles. The lowest BCUT2D eigenvalue weighted by atomic mass is 9.98. The van der Waals surface area contributed by atoms with Gasteiger partial charge in [0.05, 0.1) is 6.04 Å². The maximum absolute atomic E-state index is 12.5. The molecule has 32 heavy (non-hydrogen) atoms. The van der Waals surface area contributed by atoms with Gasteiger partial charge in [0.1, 0.15) is 6.61 Å². The Kier molecular flexibility index (Phi) is 6.38. The molecule has 0 bridgehead atoms. The Balaban J connectivity index is 1.36. The minimum Gasteiger partial charge on any atom is -0.479 e. The molecule has 2 atom stereocenters. The fraction of sp³-hybridized carbons (Fsp3) is 0.348. The fourth-order valence-electron chi connectivity index (χ4n) is 4.17. The molecule has 2 amide bonds. The third kappa shape index (κ3) is 4.44. The highest BCUT2D eigenvalue weighted by atomic mass is 16.7. The smallest absolute Gasteiger partial charge is 0.407 e. The van der Waals surface area contributed by atoms with Crippen molar-refractivity contribution in [2.24, 2.45) is 0 Å². The predicted molar refractivity (Wildman–Crippen MR) is 113 cm³/mol. The lowest BCUT2D eigenvalue weighted by Crippen LogP contribution is -2.49. The number of likely N-dealkylation sites (N-methyl/N-ethyl adjacent to an activating group) is 1. The average Bonchev–Trinajstić information content (AvgIpc) is 3.38. The fourth-order valence-corrected chi connectivity index (χ4v) is 4.17. The minimum atomic E-state index is -1.20. The summed E-state index contributed by atoms with van der Waals surface area (Å²) in [7, 11) is 1.30. The van der Waals surface area contributed by atoms with Gasteiger partial charge in [-0.25, -0.2) is 14.7 Å². The Morgan fingerprint density at radius 2 is 1.72 bits per heavy atom. The largest absolute Gasteiger partial charge is 0.479 e. The molecule has 4 rings (SSSR count). The Morgan fingerprint density at radius 1 is 1.09 bits per heavy atom. The van der Waals surface area contributed by atoms with E-state index >= 15 is 0 Å². The lowest BCUT2D eigenvalue weighted by molar-refractivity contribution is -0.193. The molecule has 2 unspecified atom stereocenters. The van der Waals surface area contributed by atoms with Gasteiger partial charge in [0.25, 0.3) is 5.91 Å². The molecule has 1 heterocycles. The number of hydroxylamine groups is 2. The second kappa shape index (κ2) is 9.37. The first-order valence-corrected chi connectivity index (χ1v) is 10.3. The van der Waals surface area contributed by atoms with Gasteiger partial charge in [0.15, 0.2) is 12.7 Å². The highest BCUT2D eigenvalue weighted by Crippen LogP contribution is 2.44. The van der Waals surface area contributed by atoms with Crippen molar-refractivity contribution in [1.82, 2.24) is 10.4 Å². The van der Waals surface area contributed by atoms with Crippen LogP contribution in [0.1, 0.15) is 23.5 Å². The van der Waals surface area contributed by atoms with Crippen LogP contribution in [-0.4, -0.2) is 67.2 Å². The van der Waals surface area contributed by atoms with Crippen LogP contribution in [0.3, 0.4) is 0 Å². The van der Waals surface area contributed by atoms with Crippen molar-refractivity contribution in [2.75, 3.05) is 26.9 Å². The molecular formula is C23H24N2O7. The van der Waals surface area contributed by atoms with E-state index in [1.54, 1.807) is 0 Å². The summed E-state index contributed by atoms with van der Waals surface area (Å²) < 4.78 is 11.0. The van der Waals surface area contributed by atoms with Crippen LogP contribution >= 0.6 is 0 Å². The number of carbonyl (C=O) groups is 3. The van der Waals surface area contributed by atoms with Crippen LogP contribution in [0.25, 0.3) is 11.1 Å². The normalized spacial score (nSPS) is 19.2. The Hall–Kier alpha value is -3.43. The quantitative estimate of drug-likeness (QED) is 0.634. The zero-order chi connectivity index (χ0) is 22.7. The minimum absolute atomic E-state index is 0.0686. The molecule has 0 aromatic heterocycles. The number of hydrogen-bond acceptors (Lipinski definition) is 6. The zero-order valence-corrected chi connectivity index (χ0v) is 17.5. The van der Waals surface area contributed by atoms with Crippen LogP contribution < -0.4 is 5.32 Å². The molecular weight excluding hydrogens is 416 g/mol. The number of ether oxygens (including phenoxy) is 2. The number of nitrogens with zero attached hydrogens (tertiary/aromatic N) is 1. The standard InChI is InChI=1S/C23H24N2O7/c1-25(32-13-20(26)27)22(28)21-19(10-11-30-21)24-23(29)31-12-18-16-8-4-2-6-14(16)15-7-3-5-9-17(15)18/h2-9,18-19,21H,10-13H2,1H3,(H,24,29)(H,26,27). The van der Waals surface area contributed by atoms with Gasteiger partial charge in [-0.15, -0.1) is 0 Å². The number of carboxylic acids is 1. The third-order valence-corrected chi connectivity index (χ3v) is 5.67. The van der Waals surface area contributed by atoms with Gasteiger partial charge in [0, 0.05) is 19.6 Å². The number of hydrogen-bond donors (Lipinski definition) is 2. The van der Waals surface area contributed by atoms with E-state index in [2.05, 4.69) is 17.4 Å². The predicted octanol–water partition coefficient (Wildman–Crippen LogP) is 2.16. The number of aliphatic carboxylic acids is 1. The van der Waals surface area contributed by atoms with Crippen LogP contribution in [0.15, 0.2) is 48.5 Å². The summed E-state index contributed by atoms with van der Waals surface area (Å²) in [5.74, 6) is -1.85. The SMILES string of the molecule is CN(OCC(=O)O)C(=O)C1OCCC1NC(=O)OCC1c2ccccc2-c2ccccc21. The lowest BCUT2D eigenvalue weighted by Gasteiger charge is -2.24. The van der Waals surface area contributed by atoms with Crippen LogP contribution in [0.2, 0.25) is 0 Å². The van der Waals surface area contributed by atoms with Crippen molar-refractivity contribution >= 4 is 18.0 Å². The molecule has 0 saturated carbocycles. The summed E-state index contributed by atoms with van der Waals surface area (Å²) in [5, 5.41) is 12.2. The molecule has 9 nitrogen and oxygen atoms in total. The van der Waals surface area contributed by atoms with Crippen LogP contribution in [0, 0.1) is 0 Å². The summed E-state index contributed by atoms with van der Waals surface area (Å²) in [6, 6.07) is 15.5. The number of carboxylic acid groups (broad SMARTS) is 1. The van der Waals surface area contributed by atoms with Crippen molar-refractivity contribution in [1.29, 1.82) is 0 Å². The third-order valence-electron chi connectivity index (χ3n) is 5.67. The number of rotatable bonds is 7. The Labute approximate surface area is 184 Å². The van der Waals surface area contributed by atoms with Crippen LogP contribution in [-0.2, 0) is 23.9 Å². The molecule has 168 valence electrons. The summed E-state index contributed by atoms with van der Waals surface area (Å²) >= 11 is 0.